The van der Waals surface area contributed by atoms with Crippen LogP contribution >= 0.6 is 0 Å². The Balaban J connectivity index is 2.49. The van der Waals surface area contributed by atoms with Crippen LogP contribution in [0.25, 0.3) is 5.69 Å². The van der Waals surface area contributed by atoms with Gasteiger partial charge < -0.3 is 0 Å². The molecule has 2 rings (SSSR count). The molecule has 1 aromatic carbocycles. The third-order valence-corrected chi connectivity index (χ3v) is 2.87. The molecular weight excluding hydrogens is 215 g/mol. The number of aromatic nitrogens is 2. The molecule has 1 aromatic heterocycles. The number of benzene rings is 1. The molecule has 0 aliphatic rings. The zero-order chi connectivity index (χ0) is 10.8. The summed E-state index contributed by atoms with van der Waals surface area (Å²) < 4.78 is 25.6. The van der Waals surface area contributed by atoms with Gasteiger partial charge in [-0.15, -0.1) is 0 Å². The first-order valence-corrected chi connectivity index (χ1v) is 5.87. The van der Waals surface area contributed by atoms with Crippen LogP contribution in [0.5, 0.6) is 0 Å². The number of hydrogen-bond donors (Lipinski definition) is 0. The van der Waals surface area contributed by atoms with Gasteiger partial charge in [-0.25, -0.2) is 9.07 Å². The molecule has 2 aromatic rings. The van der Waals surface area contributed by atoms with Crippen LogP contribution in [0.2, 0.25) is 0 Å². The van der Waals surface area contributed by atoms with Crippen LogP contribution in [0.4, 0.5) is 4.39 Å². The molecule has 3 nitrogen and oxygen atoms in total. The van der Waals surface area contributed by atoms with Gasteiger partial charge in [-0.05, 0) is 30.3 Å². The predicted octanol–water partition coefficient (Wildman–Crippen LogP) is 1.75. The van der Waals surface area contributed by atoms with E-state index in [1.807, 2.05) is 0 Å². The Hall–Kier alpha value is -1.49. The second-order valence-electron chi connectivity index (χ2n) is 3.01. The van der Waals surface area contributed by atoms with Crippen LogP contribution in [0.1, 0.15) is 0 Å². The molecule has 15 heavy (non-hydrogen) atoms. The van der Waals surface area contributed by atoms with E-state index in [4.69, 9.17) is 0 Å². The Kier molecular flexibility index (Phi) is 2.64. The minimum absolute atomic E-state index is 0.301. The monoisotopic (exact) mass is 224 g/mol. The molecule has 0 spiro atoms. The van der Waals surface area contributed by atoms with E-state index < -0.39 is 10.8 Å². The van der Waals surface area contributed by atoms with Crippen molar-refractivity contribution in [2.45, 2.75) is 5.03 Å². The molecule has 0 radical (unpaired) electrons. The molecule has 5 heteroatoms. The SMILES string of the molecule is CS(=O)c1ccnn1-c1ccc(F)cc1. The van der Waals surface area contributed by atoms with Crippen molar-refractivity contribution in [1.82, 2.24) is 9.78 Å². The summed E-state index contributed by atoms with van der Waals surface area (Å²) in [5, 5.41) is 4.64. The van der Waals surface area contributed by atoms with Gasteiger partial charge in [0.05, 0.1) is 22.7 Å². The fourth-order valence-corrected chi connectivity index (χ4v) is 1.93. The second-order valence-corrected chi connectivity index (χ2v) is 4.34. The van der Waals surface area contributed by atoms with Crippen molar-refractivity contribution >= 4 is 10.8 Å². The molecule has 0 fully saturated rings. The lowest BCUT2D eigenvalue weighted by Crippen LogP contribution is -2.02. The predicted molar refractivity (Wildman–Crippen MR) is 55.9 cm³/mol. The highest BCUT2D eigenvalue weighted by Crippen LogP contribution is 2.13. The summed E-state index contributed by atoms with van der Waals surface area (Å²) in [6.45, 7) is 0. The lowest BCUT2D eigenvalue weighted by Gasteiger charge is -2.04. The maximum atomic E-state index is 12.7. The highest BCUT2D eigenvalue weighted by Gasteiger charge is 2.07. The topological polar surface area (TPSA) is 34.9 Å². The molecule has 0 aliphatic heterocycles. The number of rotatable bonds is 2. The van der Waals surface area contributed by atoms with Gasteiger partial charge in [0.25, 0.3) is 0 Å². The molecular formula is C10H9FN2OS. The first-order chi connectivity index (χ1) is 7.18. The van der Waals surface area contributed by atoms with E-state index in [-0.39, 0.29) is 5.82 Å². The summed E-state index contributed by atoms with van der Waals surface area (Å²) in [6, 6.07) is 7.57. The van der Waals surface area contributed by atoms with Gasteiger partial charge in [0.15, 0.2) is 0 Å². The highest BCUT2D eigenvalue weighted by atomic mass is 32.2. The van der Waals surface area contributed by atoms with E-state index in [9.17, 15) is 8.60 Å². The third kappa shape index (κ3) is 1.97. The van der Waals surface area contributed by atoms with Crippen molar-refractivity contribution < 1.29 is 8.60 Å². The summed E-state index contributed by atoms with van der Waals surface area (Å²) in [6.07, 6.45) is 3.15. The van der Waals surface area contributed by atoms with E-state index >= 15 is 0 Å². The number of nitrogens with zero attached hydrogens (tertiary/aromatic N) is 2. The first-order valence-electron chi connectivity index (χ1n) is 4.32. The molecule has 0 N–H and O–H groups in total. The van der Waals surface area contributed by atoms with Gasteiger partial charge in [-0.3, -0.25) is 4.21 Å². The van der Waals surface area contributed by atoms with Gasteiger partial charge in [0.2, 0.25) is 0 Å². The van der Waals surface area contributed by atoms with E-state index in [1.165, 1.54) is 16.8 Å². The van der Waals surface area contributed by atoms with Crippen molar-refractivity contribution in [1.29, 1.82) is 0 Å². The summed E-state index contributed by atoms with van der Waals surface area (Å²) in [7, 11) is -1.11. The molecule has 0 amide bonds. The van der Waals surface area contributed by atoms with Gasteiger partial charge in [0, 0.05) is 6.26 Å². The van der Waals surface area contributed by atoms with E-state index in [2.05, 4.69) is 5.10 Å². The minimum Gasteiger partial charge on any atom is -0.253 e. The summed E-state index contributed by atoms with van der Waals surface area (Å²) in [4.78, 5) is 0. The van der Waals surface area contributed by atoms with Crippen LogP contribution in [-0.2, 0) is 10.8 Å². The molecule has 0 bridgehead atoms. The Labute approximate surface area is 89.0 Å². The lowest BCUT2D eigenvalue weighted by atomic mass is 10.3. The largest absolute Gasteiger partial charge is 0.253 e. The summed E-state index contributed by atoms with van der Waals surface area (Å²) >= 11 is 0. The summed E-state index contributed by atoms with van der Waals surface area (Å²) in [5.41, 5.74) is 0.701. The van der Waals surface area contributed by atoms with Crippen molar-refractivity contribution in [2.75, 3.05) is 6.26 Å². The van der Waals surface area contributed by atoms with Crippen LogP contribution in [0.15, 0.2) is 41.6 Å². The van der Waals surface area contributed by atoms with Crippen molar-refractivity contribution in [3.63, 3.8) is 0 Å². The molecule has 0 aliphatic carbocycles. The van der Waals surface area contributed by atoms with E-state index in [0.29, 0.717) is 10.7 Å². The van der Waals surface area contributed by atoms with Crippen LogP contribution in [0.3, 0.4) is 0 Å². The van der Waals surface area contributed by atoms with Gasteiger partial charge in [-0.1, -0.05) is 0 Å². The molecule has 1 atom stereocenters. The van der Waals surface area contributed by atoms with Crippen LogP contribution in [-0.4, -0.2) is 20.2 Å². The quantitative estimate of drug-likeness (QED) is 0.779. The Morgan fingerprint density at radius 3 is 2.53 bits per heavy atom. The molecule has 1 unspecified atom stereocenters. The zero-order valence-electron chi connectivity index (χ0n) is 8.05. The van der Waals surface area contributed by atoms with Gasteiger partial charge >= 0.3 is 0 Å². The maximum absolute atomic E-state index is 12.7. The summed E-state index contributed by atoms with van der Waals surface area (Å²) in [5.74, 6) is -0.301. The first kappa shape index (κ1) is 10.0. The van der Waals surface area contributed by atoms with Gasteiger partial charge in [-0.2, -0.15) is 5.10 Å². The van der Waals surface area contributed by atoms with Crippen molar-refractivity contribution in [2.24, 2.45) is 0 Å². The Bertz CT molecular complexity index is 492. The molecule has 1 heterocycles. The van der Waals surface area contributed by atoms with Crippen LogP contribution < -0.4 is 0 Å². The van der Waals surface area contributed by atoms with Crippen molar-refractivity contribution in [3.05, 3.63) is 42.3 Å². The fourth-order valence-electron chi connectivity index (χ4n) is 1.29. The maximum Gasteiger partial charge on any atom is 0.130 e. The molecule has 0 saturated carbocycles. The fraction of sp³-hybridized carbons (Fsp3) is 0.100. The Morgan fingerprint density at radius 2 is 1.93 bits per heavy atom. The van der Waals surface area contributed by atoms with E-state index in [1.54, 1.807) is 30.7 Å². The van der Waals surface area contributed by atoms with Crippen molar-refractivity contribution in [3.8, 4) is 5.69 Å². The normalized spacial score (nSPS) is 12.7. The highest BCUT2D eigenvalue weighted by molar-refractivity contribution is 7.84. The van der Waals surface area contributed by atoms with E-state index in [0.717, 1.165) is 0 Å². The lowest BCUT2D eigenvalue weighted by molar-refractivity contribution is 0.626. The second kappa shape index (κ2) is 3.94. The zero-order valence-corrected chi connectivity index (χ0v) is 8.87. The number of hydrogen-bond acceptors (Lipinski definition) is 2. The molecule has 78 valence electrons. The average molecular weight is 224 g/mol. The van der Waals surface area contributed by atoms with Gasteiger partial charge in [0.1, 0.15) is 10.8 Å². The molecule has 0 saturated heterocycles. The average Bonchev–Trinajstić information content (AvgIpc) is 2.67. The standard InChI is InChI=1S/C10H9FN2OS/c1-15(14)10-6-7-12-13(10)9-4-2-8(11)3-5-9/h2-7H,1H3. The third-order valence-electron chi connectivity index (χ3n) is 1.97. The Morgan fingerprint density at radius 1 is 1.27 bits per heavy atom. The van der Waals surface area contributed by atoms with Crippen LogP contribution in [0, 0.1) is 5.82 Å². The minimum atomic E-state index is -1.11. The number of halogens is 1. The smallest absolute Gasteiger partial charge is 0.130 e.